The lowest BCUT2D eigenvalue weighted by molar-refractivity contribution is 0.613. The van der Waals surface area contributed by atoms with Crippen LogP contribution in [0.1, 0.15) is 28.9 Å². The molecule has 1 aliphatic heterocycles. The van der Waals surface area contributed by atoms with Gasteiger partial charge < -0.3 is 4.57 Å². The van der Waals surface area contributed by atoms with E-state index in [9.17, 15) is 4.79 Å². The Morgan fingerprint density at radius 1 is 1.17 bits per heavy atom. The maximum atomic E-state index is 12.9. The summed E-state index contributed by atoms with van der Waals surface area (Å²) in [6.45, 7) is 4.75. The summed E-state index contributed by atoms with van der Waals surface area (Å²) in [6, 6.07) is 10.3. The van der Waals surface area contributed by atoms with E-state index < -0.39 is 0 Å². The van der Waals surface area contributed by atoms with Gasteiger partial charge in [0.1, 0.15) is 0 Å². The van der Waals surface area contributed by atoms with Gasteiger partial charge in [-0.1, -0.05) is 30.0 Å². The lowest BCUT2D eigenvalue weighted by Gasteiger charge is -2.20. The molecule has 0 saturated heterocycles. The molecule has 3 aromatic rings. The van der Waals surface area contributed by atoms with Gasteiger partial charge in [-0.25, -0.2) is 9.97 Å². The average Bonchev–Trinajstić information content (AvgIpc) is 2.56. The zero-order valence-electron chi connectivity index (χ0n) is 13.9. The van der Waals surface area contributed by atoms with Crippen molar-refractivity contribution >= 4 is 22.7 Å². The van der Waals surface area contributed by atoms with Crippen LogP contribution in [0.4, 0.5) is 0 Å². The molecule has 0 bridgehead atoms. The summed E-state index contributed by atoms with van der Waals surface area (Å²) in [5, 5.41) is 1.89. The van der Waals surface area contributed by atoms with Crippen LogP contribution in [0.2, 0.25) is 0 Å². The Morgan fingerprint density at radius 3 is 2.75 bits per heavy atom. The van der Waals surface area contributed by atoms with Crippen molar-refractivity contribution in [3.8, 4) is 0 Å². The summed E-state index contributed by atoms with van der Waals surface area (Å²) in [4.78, 5) is 21.8. The quantitative estimate of drug-likeness (QED) is 0.541. The molecule has 0 unspecified atom stereocenters. The fourth-order valence-electron chi connectivity index (χ4n) is 3.43. The van der Waals surface area contributed by atoms with E-state index in [0.29, 0.717) is 5.75 Å². The number of para-hydroxylation sites is 1. The van der Waals surface area contributed by atoms with Crippen LogP contribution in [0.3, 0.4) is 0 Å². The van der Waals surface area contributed by atoms with Gasteiger partial charge in [-0.15, -0.1) is 0 Å². The molecule has 0 aliphatic carbocycles. The zero-order chi connectivity index (χ0) is 16.7. The standard InChI is InChI=1S/C19H19N3OS/c1-12-9-13(2)21-19(20-12)24-11-16-10-15-6-3-5-14-7-4-8-22(17(14)15)18(16)23/h3,5-6,9-10H,4,7-8,11H2,1-2H3. The highest BCUT2D eigenvalue weighted by molar-refractivity contribution is 7.98. The Labute approximate surface area is 145 Å². The summed E-state index contributed by atoms with van der Waals surface area (Å²) in [6.07, 6.45) is 2.09. The molecular weight excluding hydrogens is 318 g/mol. The average molecular weight is 337 g/mol. The molecule has 1 aliphatic rings. The number of nitrogens with zero attached hydrogens (tertiary/aromatic N) is 3. The van der Waals surface area contributed by atoms with Gasteiger partial charge in [-0.2, -0.15) is 0 Å². The number of hydrogen-bond donors (Lipinski definition) is 0. The molecule has 3 heterocycles. The van der Waals surface area contributed by atoms with Crippen molar-refractivity contribution in [3.05, 3.63) is 63.2 Å². The molecule has 24 heavy (non-hydrogen) atoms. The second-order valence-electron chi connectivity index (χ2n) is 6.31. The number of benzene rings is 1. The predicted molar refractivity (Wildman–Crippen MR) is 97.6 cm³/mol. The van der Waals surface area contributed by atoms with E-state index in [2.05, 4.69) is 28.2 Å². The van der Waals surface area contributed by atoms with Crippen LogP contribution < -0.4 is 5.56 Å². The Morgan fingerprint density at radius 2 is 1.96 bits per heavy atom. The van der Waals surface area contributed by atoms with Crippen molar-refractivity contribution in [3.63, 3.8) is 0 Å². The van der Waals surface area contributed by atoms with Gasteiger partial charge >= 0.3 is 0 Å². The summed E-state index contributed by atoms with van der Waals surface area (Å²) in [5.41, 5.74) is 5.28. The minimum Gasteiger partial charge on any atom is -0.308 e. The normalized spacial score (nSPS) is 13.4. The Kier molecular flexibility index (Phi) is 3.88. The summed E-state index contributed by atoms with van der Waals surface area (Å²) < 4.78 is 1.95. The molecule has 0 spiro atoms. The van der Waals surface area contributed by atoms with E-state index in [1.165, 1.54) is 17.3 Å². The topological polar surface area (TPSA) is 47.8 Å². The van der Waals surface area contributed by atoms with Crippen molar-refractivity contribution in [2.24, 2.45) is 0 Å². The molecule has 0 radical (unpaired) electrons. The molecule has 0 saturated carbocycles. The van der Waals surface area contributed by atoms with Crippen molar-refractivity contribution in [1.29, 1.82) is 0 Å². The highest BCUT2D eigenvalue weighted by Crippen LogP contribution is 2.26. The Bertz CT molecular complexity index is 974. The first-order chi connectivity index (χ1) is 11.6. The van der Waals surface area contributed by atoms with Gasteiger partial charge in [0, 0.05) is 29.2 Å². The highest BCUT2D eigenvalue weighted by atomic mass is 32.2. The number of hydrogen-bond acceptors (Lipinski definition) is 4. The smallest absolute Gasteiger partial charge is 0.255 e. The number of aryl methyl sites for hydroxylation is 4. The monoisotopic (exact) mass is 337 g/mol. The third kappa shape index (κ3) is 2.73. The van der Waals surface area contributed by atoms with E-state index in [-0.39, 0.29) is 5.56 Å². The first kappa shape index (κ1) is 15.4. The summed E-state index contributed by atoms with van der Waals surface area (Å²) in [7, 11) is 0. The number of pyridine rings is 1. The third-order valence-electron chi connectivity index (χ3n) is 4.42. The number of rotatable bonds is 3. The summed E-state index contributed by atoms with van der Waals surface area (Å²) in [5.74, 6) is 0.599. The van der Waals surface area contributed by atoms with Crippen molar-refractivity contribution in [2.45, 2.75) is 44.1 Å². The van der Waals surface area contributed by atoms with E-state index >= 15 is 0 Å². The number of aromatic nitrogens is 3. The van der Waals surface area contributed by atoms with Crippen LogP contribution in [-0.2, 0) is 18.7 Å². The number of thioether (sulfide) groups is 1. The van der Waals surface area contributed by atoms with Gasteiger partial charge in [0.05, 0.1) is 5.52 Å². The molecule has 0 N–H and O–H groups in total. The molecular formula is C19H19N3OS. The molecule has 4 rings (SSSR count). The van der Waals surface area contributed by atoms with Gasteiger partial charge in [-0.05, 0) is 49.8 Å². The molecule has 0 atom stereocenters. The van der Waals surface area contributed by atoms with Crippen LogP contribution in [0.25, 0.3) is 10.9 Å². The fourth-order valence-corrected chi connectivity index (χ4v) is 4.34. The second-order valence-corrected chi connectivity index (χ2v) is 7.25. The van der Waals surface area contributed by atoms with E-state index in [1.807, 2.05) is 30.5 Å². The minimum absolute atomic E-state index is 0.131. The van der Waals surface area contributed by atoms with Gasteiger partial charge in [0.25, 0.3) is 5.56 Å². The van der Waals surface area contributed by atoms with Crippen molar-refractivity contribution < 1.29 is 0 Å². The van der Waals surface area contributed by atoms with Crippen LogP contribution >= 0.6 is 11.8 Å². The van der Waals surface area contributed by atoms with Crippen LogP contribution in [0.5, 0.6) is 0 Å². The SMILES string of the molecule is Cc1cc(C)nc(SCc2cc3cccc4c3n(c2=O)CCC4)n1. The Balaban J connectivity index is 1.72. The molecule has 4 nitrogen and oxygen atoms in total. The highest BCUT2D eigenvalue weighted by Gasteiger charge is 2.16. The van der Waals surface area contributed by atoms with Crippen molar-refractivity contribution in [1.82, 2.24) is 14.5 Å². The third-order valence-corrected chi connectivity index (χ3v) is 5.31. The molecule has 122 valence electrons. The minimum atomic E-state index is 0.131. The van der Waals surface area contributed by atoms with Gasteiger partial charge in [0.15, 0.2) is 5.16 Å². The molecule has 5 heteroatoms. The predicted octanol–water partition coefficient (Wildman–Crippen LogP) is 3.65. The largest absolute Gasteiger partial charge is 0.308 e. The first-order valence-electron chi connectivity index (χ1n) is 8.21. The molecule has 0 amide bonds. The van der Waals surface area contributed by atoms with E-state index in [0.717, 1.165) is 52.4 Å². The van der Waals surface area contributed by atoms with Gasteiger partial charge in [0.2, 0.25) is 0 Å². The second kappa shape index (κ2) is 6.06. The van der Waals surface area contributed by atoms with Crippen LogP contribution in [-0.4, -0.2) is 14.5 Å². The first-order valence-corrected chi connectivity index (χ1v) is 9.20. The van der Waals surface area contributed by atoms with Crippen LogP contribution in [0, 0.1) is 13.8 Å². The zero-order valence-corrected chi connectivity index (χ0v) is 14.7. The van der Waals surface area contributed by atoms with Crippen LogP contribution in [0.15, 0.2) is 40.3 Å². The van der Waals surface area contributed by atoms with Gasteiger partial charge in [-0.3, -0.25) is 4.79 Å². The van der Waals surface area contributed by atoms with E-state index in [4.69, 9.17) is 0 Å². The lowest BCUT2D eigenvalue weighted by Crippen LogP contribution is -2.27. The van der Waals surface area contributed by atoms with Crippen molar-refractivity contribution in [2.75, 3.05) is 0 Å². The maximum Gasteiger partial charge on any atom is 0.255 e. The maximum absolute atomic E-state index is 12.9. The lowest BCUT2D eigenvalue weighted by atomic mass is 10.0. The molecule has 2 aromatic heterocycles. The molecule has 1 aromatic carbocycles. The fraction of sp³-hybridized carbons (Fsp3) is 0.316. The van der Waals surface area contributed by atoms with E-state index in [1.54, 1.807) is 0 Å². The summed E-state index contributed by atoms with van der Waals surface area (Å²) >= 11 is 1.53. The molecule has 0 fully saturated rings. The Hall–Kier alpha value is -2.14.